The first kappa shape index (κ1) is 92.2. The van der Waals surface area contributed by atoms with Crippen molar-refractivity contribution in [3.63, 3.8) is 0 Å². The average molecular weight is 1260 g/mol. The van der Waals surface area contributed by atoms with E-state index in [1.807, 2.05) is 0 Å². The second-order valence-electron chi connectivity index (χ2n) is 24.4. The fourth-order valence-corrected chi connectivity index (χ4v) is 10.6. The second kappa shape index (κ2) is 88.8. The monoisotopic (exact) mass is 1260 g/mol. The fourth-order valence-electron chi connectivity index (χ4n) is 10.6. The Hall–Kier alpha value is -0.977. The Labute approximate surface area is 535 Å². The largest absolute Gasteiger partial charge is 0.481 e. The van der Waals surface area contributed by atoms with Crippen molar-refractivity contribution >= 4 is 23.9 Å². The van der Waals surface area contributed by atoms with Gasteiger partial charge in [0.2, 0.25) is 0 Å². The molecule has 0 heterocycles. The predicted molar refractivity (Wildman–Crippen MR) is 349 cm³/mol. The van der Waals surface area contributed by atoms with Crippen LogP contribution in [-0.2, 0) is 55.7 Å². The van der Waals surface area contributed by atoms with Gasteiger partial charge in [0.1, 0.15) is 0 Å². The molecule has 490 valence electrons. The Morgan fingerprint density at radius 2 is 0.244 bits per heavy atom. The minimum atomic E-state index is -0.653. The first-order chi connectivity index (χ1) is 39.1. The van der Waals surface area contributed by atoms with E-state index in [9.17, 15) is 19.2 Å². The van der Waals surface area contributed by atoms with Crippen molar-refractivity contribution in [2.45, 2.75) is 439 Å². The van der Waals surface area contributed by atoms with Crippen LogP contribution < -0.4 is 0 Å². The summed E-state index contributed by atoms with van der Waals surface area (Å²) in [5.74, 6) is -2.61. The Kier molecular flexibility index (Phi) is 99.8. The maximum absolute atomic E-state index is 10.3. The topological polar surface area (TPSA) is 149 Å². The SMILES string of the molecule is CCCCCCCCCCCCCCCCCC(=O)O.CCCCCCCCCCCCCCCCCC(=O)O.CCCCCCCCCCCCCCCCCC(=O)O.CCCCCCCCCCCCCCCCCC(=O)O.[Fe].[Zn]. The summed E-state index contributed by atoms with van der Waals surface area (Å²) in [5.41, 5.74) is 0. The number of carbonyl (C=O) groups is 4. The van der Waals surface area contributed by atoms with Gasteiger partial charge >= 0.3 is 23.9 Å². The molecule has 82 heavy (non-hydrogen) atoms. The zero-order valence-corrected chi connectivity index (χ0v) is 59.8. The number of hydrogen-bond acceptors (Lipinski definition) is 4. The summed E-state index contributed by atoms with van der Waals surface area (Å²) in [7, 11) is 0. The molecule has 0 aromatic rings. The summed E-state index contributed by atoms with van der Waals surface area (Å²) in [6.45, 7) is 9.08. The molecule has 8 nitrogen and oxygen atoms in total. The van der Waals surface area contributed by atoms with Gasteiger partial charge in [-0.2, -0.15) is 0 Å². The molecule has 10 heteroatoms. The molecular formula is C72H144FeO8Zn. The predicted octanol–water partition coefficient (Wildman–Crippen LogP) is 25.3. The molecule has 0 aliphatic rings. The third kappa shape index (κ3) is 107. The van der Waals surface area contributed by atoms with E-state index >= 15 is 0 Å². The van der Waals surface area contributed by atoms with Gasteiger partial charge in [-0.1, -0.05) is 387 Å². The van der Waals surface area contributed by atoms with E-state index < -0.39 is 23.9 Å². The maximum Gasteiger partial charge on any atom is 0.303 e. The average Bonchev–Trinajstić information content (AvgIpc) is 3.43. The first-order valence-corrected chi connectivity index (χ1v) is 36.0. The van der Waals surface area contributed by atoms with E-state index in [0.29, 0.717) is 25.7 Å². The zero-order valence-electron chi connectivity index (χ0n) is 55.7. The van der Waals surface area contributed by atoms with Crippen LogP contribution in [0.25, 0.3) is 0 Å². The van der Waals surface area contributed by atoms with Gasteiger partial charge in [-0.15, -0.1) is 0 Å². The summed E-state index contributed by atoms with van der Waals surface area (Å²) in [6.07, 6.45) is 80.8. The van der Waals surface area contributed by atoms with Crippen molar-refractivity contribution in [3.8, 4) is 0 Å². The summed E-state index contributed by atoms with van der Waals surface area (Å²) < 4.78 is 0. The van der Waals surface area contributed by atoms with Gasteiger partial charge in [-0.25, -0.2) is 0 Å². The minimum Gasteiger partial charge on any atom is -0.481 e. The summed E-state index contributed by atoms with van der Waals surface area (Å²) >= 11 is 0. The van der Waals surface area contributed by atoms with Gasteiger partial charge in [0, 0.05) is 62.2 Å². The number of carboxylic acids is 4. The van der Waals surface area contributed by atoms with Crippen molar-refractivity contribution in [1.29, 1.82) is 0 Å². The number of carboxylic acid groups (broad SMARTS) is 4. The van der Waals surface area contributed by atoms with E-state index in [1.165, 1.54) is 334 Å². The Balaban J connectivity index is -0.000000233. The molecule has 0 aliphatic carbocycles. The van der Waals surface area contributed by atoms with Gasteiger partial charge in [0.25, 0.3) is 0 Å². The molecule has 0 bridgehead atoms. The molecule has 0 atom stereocenters. The van der Waals surface area contributed by atoms with Crippen LogP contribution in [0.1, 0.15) is 439 Å². The number of rotatable bonds is 64. The van der Waals surface area contributed by atoms with E-state index in [4.69, 9.17) is 20.4 Å². The molecule has 0 spiro atoms. The molecule has 0 saturated heterocycles. The molecule has 4 N–H and O–H groups in total. The van der Waals surface area contributed by atoms with Gasteiger partial charge in [-0.05, 0) is 25.7 Å². The van der Waals surface area contributed by atoms with E-state index in [1.54, 1.807) is 0 Å². The molecule has 0 amide bonds. The minimum absolute atomic E-state index is 0. The van der Waals surface area contributed by atoms with Crippen LogP contribution >= 0.6 is 0 Å². The van der Waals surface area contributed by atoms with E-state index in [-0.39, 0.29) is 36.5 Å². The van der Waals surface area contributed by atoms with Crippen molar-refractivity contribution < 1.29 is 76.2 Å². The molecule has 0 fully saturated rings. The molecular weight excluding hydrogens is 1110 g/mol. The van der Waals surface area contributed by atoms with Crippen LogP contribution in [0.2, 0.25) is 0 Å². The van der Waals surface area contributed by atoms with Crippen LogP contribution in [0.3, 0.4) is 0 Å². The van der Waals surface area contributed by atoms with Crippen LogP contribution in [0, 0.1) is 0 Å². The van der Waals surface area contributed by atoms with Gasteiger partial charge in [-0.3, -0.25) is 19.2 Å². The zero-order chi connectivity index (χ0) is 59.6. The quantitative estimate of drug-likeness (QED) is 0.0347. The van der Waals surface area contributed by atoms with Crippen molar-refractivity contribution in [2.75, 3.05) is 0 Å². The number of hydrogen-bond donors (Lipinski definition) is 4. The molecule has 0 aliphatic heterocycles. The van der Waals surface area contributed by atoms with E-state index in [0.717, 1.165) is 51.4 Å². The second-order valence-corrected chi connectivity index (χ2v) is 24.4. The molecule has 0 radical (unpaired) electrons. The molecule has 0 rings (SSSR count). The van der Waals surface area contributed by atoms with Gasteiger partial charge in [0.05, 0.1) is 0 Å². The summed E-state index contributed by atoms with van der Waals surface area (Å²) in [5, 5.41) is 34.1. The number of aliphatic carboxylic acids is 4. The van der Waals surface area contributed by atoms with E-state index in [2.05, 4.69) is 27.7 Å². The van der Waals surface area contributed by atoms with Crippen LogP contribution in [0.4, 0.5) is 0 Å². The third-order valence-electron chi connectivity index (χ3n) is 16.0. The molecule has 0 aromatic heterocycles. The van der Waals surface area contributed by atoms with Crippen molar-refractivity contribution in [3.05, 3.63) is 0 Å². The fraction of sp³-hybridized carbons (Fsp3) is 0.944. The normalized spacial score (nSPS) is 10.6. The standard InChI is InChI=1S/4C18H36O2.Fe.Zn/c4*1-2-3-4-5-6-7-8-9-10-11-12-13-14-15-16-17-18(19)20;;/h4*2-17H2,1H3,(H,19,20);;. The maximum atomic E-state index is 10.3. The summed E-state index contributed by atoms with van der Waals surface area (Å²) in [4.78, 5) is 41.3. The van der Waals surface area contributed by atoms with Crippen molar-refractivity contribution in [2.24, 2.45) is 0 Å². The molecule has 0 unspecified atom stereocenters. The Morgan fingerprint density at radius 1 is 0.171 bits per heavy atom. The van der Waals surface area contributed by atoms with Crippen molar-refractivity contribution in [1.82, 2.24) is 0 Å². The molecule has 0 aromatic carbocycles. The van der Waals surface area contributed by atoms with Gasteiger partial charge < -0.3 is 20.4 Å². The van der Waals surface area contributed by atoms with Gasteiger partial charge in [0.15, 0.2) is 0 Å². The van der Waals surface area contributed by atoms with Crippen LogP contribution in [0.15, 0.2) is 0 Å². The third-order valence-corrected chi connectivity index (χ3v) is 16.0. The van der Waals surface area contributed by atoms with Crippen LogP contribution in [-0.4, -0.2) is 44.3 Å². The Morgan fingerprint density at radius 3 is 0.317 bits per heavy atom. The Bertz CT molecular complexity index is 998. The summed E-state index contributed by atoms with van der Waals surface area (Å²) in [6, 6.07) is 0. The van der Waals surface area contributed by atoms with Crippen LogP contribution in [0.5, 0.6) is 0 Å². The molecule has 0 saturated carbocycles. The first-order valence-electron chi connectivity index (χ1n) is 36.0. The smallest absolute Gasteiger partial charge is 0.303 e. The number of unbranched alkanes of at least 4 members (excludes halogenated alkanes) is 56.